The van der Waals surface area contributed by atoms with Crippen LogP contribution in [0.2, 0.25) is 0 Å². The van der Waals surface area contributed by atoms with Gasteiger partial charge in [-0.2, -0.15) is 0 Å². The molecule has 0 atom stereocenters. The fraction of sp³-hybridized carbons (Fsp3) is 0.417. The highest BCUT2D eigenvalue weighted by molar-refractivity contribution is 5.74. The molecule has 0 fully saturated rings. The number of urea groups is 1. The molecule has 2 amide bonds. The summed E-state index contributed by atoms with van der Waals surface area (Å²) in [5, 5.41) is 18.9. The van der Waals surface area contributed by atoms with Crippen molar-refractivity contribution in [2.75, 3.05) is 18.4 Å². The summed E-state index contributed by atoms with van der Waals surface area (Å²) in [6.07, 6.45) is 0. The molecule has 7 nitrogen and oxygen atoms in total. The number of rotatable bonds is 6. The molecule has 0 spiro atoms. The molecule has 0 heterocycles. The predicted molar refractivity (Wildman–Crippen MR) is 73.3 cm³/mol. The maximum Gasteiger partial charge on any atom is 0.315 e. The van der Waals surface area contributed by atoms with Crippen LogP contribution in [-0.4, -0.2) is 30.1 Å². The Kier molecular flexibility index (Phi) is 5.59. The molecule has 0 bridgehead atoms. The Balaban J connectivity index is 2.26. The topological polar surface area (TPSA) is 96.3 Å². The van der Waals surface area contributed by atoms with Crippen LogP contribution in [0.15, 0.2) is 24.3 Å². The monoisotopic (exact) mass is 266 g/mol. The van der Waals surface area contributed by atoms with Gasteiger partial charge in [0.25, 0.3) is 5.69 Å². The van der Waals surface area contributed by atoms with E-state index < -0.39 is 4.92 Å². The molecule has 0 saturated heterocycles. The molecule has 0 aliphatic rings. The molecule has 0 radical (unpaired) electrons. The lowest BCUT2D eigenvalue weighted by Crippen LogP contribution is -2.41. The van der Waals surface area contributed by atoms with E-state index in [1.807, 2.05) is 13.8 Å². The average Bonchev–Trinajstić information content (AvgIpc) is 2.34. The maximum absolute atomic E-state index is 11.3. The van der Waals surface area contributed by atoms with E-state index in [9.17, 15) is 14.9 Å². The van der Waals surface area contributed by atoms with E-state index in [0.717, 1.165) is 5.69 Å². The van der Waals surface area contributed by atoms with E-state index in [2.05, 4.69) is 16.0 Å². The lowest BCUT2D eigenvalue weighted by Gasteiger charge is -2.11. The first kappa shape index (κ1) is 14.7. The lowest BCUT2D eigenvalue weighted by atomic mass is 10.3. The Morgan fingerprint density at radius 2 is 1.89 bits per heavy atom. The normalized spacial score (nSPS) is 10.1. The summed E-state index contributed by atoms with van der Waals surface area (Å²) in [5.74, 6) is 0. The molecular formula is C12H18N4O3. The van der Waals surface area contributed by atoms with Crippen molar-refractivity contribution in [3.05, 3.63) is 34.4 Å². The number of amides is 2. The lowest BCUT2D eigenvalue weighted by molar-refractivity contribution is -0.384. The summed E-state index contributed by atoms with van der Waals surface area (Å²) in [4.78, 5) is 21.3. The Hall–Kier alpha value is -2.31. The number of anilines is 1. The van der Waals surface area contributed by atoms with Gasteiger partial charge in [-0.05, 0) is 26.0 Å². The van der Waals surface area contributed by atoms with Gasteiger partial charge < -0.3 is 16.0 Å². The van der Waals surface area contributed by atoms with Crippen molar-refractivity contribution in [2.45, 2.75) is 19.9 Å². The number of non-ortho nitro benzene ring substituents is 1. The molecule has 0 aliphatic carbocycles. The summed E-state index contributed by atoms with van der Waals surface area (Å²) < 4.78 is 0. The van der Waals surface area contributed by atoms with Gasteiger partial charge in [-0.15, -0.1) is 0 Å². The highest BCUT2D eigenvalue weighted by Gasteiger charge is 2.04. The quantitative estimate of drug-likeness (QED) is 0.415. The number of hydrogen-bond acceptors (Lipinski definition) is 4. The predicted octanol–water partition coefficient (Wildman–Crippen LogP) is 1.71. The number of hydrogen-bond donors (Lipinski definition) is 3. The second kappa shape index (κ2) is 7.20. The van der Waals surface area contributed by atoms with Crippen molar-refractivity contribution in [1.29, 1.82) is 0 Å². The van der Waals surface area contributed by atoms with Crippen LogP contribution in [0, 0.1) is 10.1 Å². The molecular weight excluding hydrogens is 248 g/mol. The summed E-state index contributed by atoms with van der Waals surface area (Å²) in [5.41, 5.74) is 0.830. The zero-order chi connectivity index (χ0) is 14.3. The highest BCUT2D eigenvalue weighted by atomic mass is 16.6. The number of carbonyl (C=O) groups excluding carboxylic acids is 1. The zero-order valence-corrected chi connectivity index (χ0v) is 11.0. The summed E-state index contributed by atoms with van der Waals surface area (Å²) in [7, 11) is 0. The summed E-state index contributed by atoms with van der Waals surface area (Å²) in [6.45, 7) is 4.78. The number of nitro groups is 1. The maximum atomic E-state index is 11.3. The van der Waals surface area contributed by atoms with Gasteiger partial charge in [0.05, 0.1) is 4.92 Å². The average molecular weight is 266 g/mol. The van der Waals surface area contributed by atoms with Crippen LogP contribution in [-0.2, 0) is 0 Å². The Bertz CT molecular complexity index is 431. The van der Waals surface area contributed by atoms with Crippen LogP contribution in [0.1, 0.15) is 13.8 Å². The van der Waals surface area contributed by atoms with Crippen LogP contribution in [0.25, 0.3) is 0 Å². The molecule has 1 aromatic rings. The zero-order valence-electron chi connectivity index (χ0n) is 11.0. The number of nitrogens with one attached hydrogen (secondary N) is 3. The van der Waals surface area contributed by atoms with Crippen LogP contribution in [0.4, 0.5) is 16.2 Å². The number of nitrogens with zero attached hydrogens (tertiary/aromatic N) is 1. The largest absolute Gasteiger partial charge is 0.383 e. The van der Waals surface area contributed by atoms with Gasteiger partial charge in [-0.25, -0.2) is 4.79 Å². The van der Waals surface area contributed by atoms with E-state index in [0.29, 0.717) is 13.1 Å². The fourth-order valence-corrected chi connectivity index (χ4v) is 1.40. The van der Waals surface area contributed by atoms with Crippen molar-refractivity contribution in [3.63, 3.8) is 0 Å². The molecule has 0 saturated carbocycles. The van der Waals surface area contributed by atoms with Gasteiger partial charge >= 0.3 is 6.03 Å². The van der Waals surface area contributed by atoms with E-state index in [-0.39, 0.29) is 17.8 Å². The Morgan fingerprint density at radius 3 is 2.42 bits per heavy atom. The second-order valence-electron chi connectivity index (χ2n) is 4.29. The van der Waals surface area contributed by atoms with Crippen LogP contribution in [0.5, 0.6) is 0 Å². The van der Waals surface area contributed by atoms with Gasteiger partial charge in [-0.1, -0.05) is 0 Å². The first-order valence-electron chi connectivity index (χ1n) is 6.01. The smallest absolute Gasteiger partial charge is 0.315 e. The van der Waals surface area contributed by atoms with E-state index >= 15 is 0 Å². The molecule has 0 unspecified atom stereocenters. The van der Waals surface area contributed by atoms with E-state index in [4.69, 9.17) is 0 Å². The third-order valence-electron chi connectivity index (χ3n) is 2.24. The van der Waals surface area contributed by atoms with Crippen molar-refractivity contribution in [1.82, 2.24) is 10.6 Å². The minimum atomic E-state index is -0.443. The second-order valence-corrected chi connectivity index (χ2v) is 4.29. The van der Waals surface area contributed by atoms with Crippen molar-refractivity contribution in [2.24, 2.45) is 0 Å². The van der Waals surface area contributed by atoms with Crippen LogP contribution in [0.3, 0.4) is 0 Å². The van der Waals surface area contributed by atoms with Gasteiger partial charge in [-0.3, -0.25) is 10.1 Å². The van der Waals surface area contributed by atoms with Gasteiger partial charge in [0.1, 0.15) is 0 Å². The molecule has 3 N–H and O–H groups in total. The van der Waals surface area contributed by atoms with Gasteiger partial charge in [0.2, 0.25) is 0 Å². The molecule has 1 rings (SSSR count). The summed E-state index contributed by atoms with van der Waals surface area (Å²) >= 11 is 0. The van der Waals surface area contributed by atoms with E-state index in [1.54, 1.807) is 12.1 Å². The third kappa shape index (κ3) is 5.71. The van der Waals surface area contributed by atoms with Crippen LogP contribution >= 0.6 is 0 Å². The number of benzene rings is 1. The van der Waals surface area contributed by atoms with Crippen molar-refractivity contribution in [3.8, 4) is 0 Å². The standard InChI is InChI=1S/C12H18N4O3/c1-9(2)15-12(17)14-8-7-13-10-3-5-11(6-4-10)16(18)19/h3-6,9,13H,7-8H2,1-2H3,(H2,14,15,17). The van der Waals surface area contributed by atoms with E-state index in [1.165, 1.54) is 12.1 Å². The minimum Gasteiger partial charge on any atom is -0.383 e. The SMILES string of the molecule is CC(C)NC(=O)NCCNc1ccc([N+](=O)[O-])cc1. The van der Waals surface area contributed by atoms with Crippen LogP contribution < -0.4 is 16.0 Å². The van der Waals surface area contributed by atoms with Gasteiger partial charge in [0, 0.05) is 37.0 Å². The molecule has 19 heavy (non-hydrogen) atoms. The van der Waals surface area contributed by atoms with Gasteiger partial charge in [0.15, 0.2) is 0 Å². The molecule has 7 heteroatoms. The highest BCUT2D eigenvalue weighted by Crippen LogP contribution is 2.14. The van der Waals surface area contributed by atoms with Crippen molar-refractivity contribution < 1.29 is 9.72 Å². The molecule has 0 aromatic heterocycles. The number of carbonyl (C=O) groups is 1. The summed E-state index contributed by atoms with van der Waals surface area (Å²) in [6, 6.07) is 6.02. The Labute approximate surface area is 111 Å². The number of nitro benzene ring substituents is 1. The Morgan fingerprint density at radius 1 is 1.26 bits per heavy atom. The van der Waals surface area contributed by atoms with Crippen molar-refractivity contribution >= 4 is 17.4 Å². The molecule has 0 aliphatic heterocycles. The third-order valence-corrected chi connectivity index (χ3v) is 2.24. The first-order chi connectivity index (χ1) is 8.99. The minimum absolute atomic E-state index is 0.0555. The first-order valence-corrected chi connectivity index (χ1v) is 6.01. The molecule has 1 aromatic carbocycles. The fourth-order valence-electron chi connectivity index (χ4n) is 1.40. The molecule has 104 valence electrons.